The van der Waals surface area contributed by atoms with Gasteiger partial charge in [-0.25, -0.2) is 0 Å². The number of carbonyl (C=O) groups is 1. The van der Waals surface area contributed by atoms with E-state index in [9.17, 15) is 4.79 Å². The molecule has 1 aromatic heterocycles. The standard InChI is InChI=1S/C14H20N2O3/c1-18-8-2-7-16-12(5-6-15-16)14(17)11-9-10-3-4-13(11)19-10/h5-6,10-11,13H,2-4,7-9H2,1H3. The van der Waals surface area contributed by atoms with Crippen LogP contribution >= 0.6 is 0 Å². The Morgan fingerprint density at radius 1 is 1.58 bits per heavy atom. The maximum absolute atomic E-state index is 12.6. The molecule has 3 unspecified atom stereocenters. The first-order valence-corrected chi connectivity index (χ1v) is 7.00. The Bertz CT molecular complexity index is 457. The van der Waals surface area contributed by atoms with E-state index < -0.39 is 0 Å². The summed E-state index contributed by atoms with van der Waals surface area (Å²) in [7, 11) is 1.68. The van der Waals surface area contributed by atoms with Crippen LogP contribution in [0.2, 0.25) is 0 Å². The number of fused-ring (bicyclic) bond motifs is 2. The molecule has 0 aliphatic carbocycles. The highest BCUT2D eigenvalue weighted by Crippen LogP contribution is 2.40. The molecule has 3 atom stereocenters. The number of Topliss-reactive ketones (excluding diaryl/α,β-unsaturated/α-hetero) is 1. The quantitative estimate of drug-likeness (QED) is 0.579. The van der Waals surface area contributed by atoms with Gasteiger partial charge in [0.15, 0.2) is 5.78 Å². The van der Waals surface area contributed by atoms with E-state index in [0.717, 1.165) is 37.9 Å². The summed E-state index contributed by atoms with van der Waals surface area (Å²) < 4.78 is 12.6. The van der Waals surface area contributed by atoms with Crippen LogP contribution in [0.3, 0.4) is 0 Å². The molecule has 0 amide bonds. The lowest BCUT2D eigenvalue weighted by molar-refractivity contribution is 0.0734. The lowest BCUT2D eigenvalue weighted by Gasteiger charge is -2.17. The van der Waals surface area contributed by atoms with Crippen molar-refractivity contribution in [3.63, 3.8) is 0 Å². The molecule has 2 aliphatic rings. The predicted molar refractivity (Wildman–Crippen MR) is 69.1 cm³/mol. The Morgan fingerprint density at radius 2 is 2.47 bits per heavy atom. The molecule has 2 saturated heterocycles. The van der Waals surface area contributed by atoms with E-state index in [0.29, 0.717) is 12.7 Å². The molecular formula is C14H20N2O3. The van der Waals surface area contributed by atoms with Crippen LogP contribution in [0.5, 0.6) is 0 Å². The molecule has 5 heteroatoms. The Hall–Kier alpha value is -1.20. The second kappa shape index (κ2) is 5.43. The summed E-state index contributed by atoms with van der Waals surface area (Å²) in [6.45, 7) is 1.41. The normalized spacial score (nSPS) is 29.0. The Balaban J connectivity index is 1.68. The first-order valence-electron chi connectivity index (χ1n) is 7.00. The van der Waals surface area contributed by atoms with Crippen molar-refractivity contribution in [1.82, 2.24) is 9.78 Å². The summed E-state index contributed by atoms with van der Waals surface area (Å²) in [6, 6.07) is 1.82. The van der Waals surface area contributed by atoms with Gasteiger partial charge in [-0.2, -0.15) is 5.10 Å². The van der Waals surface area contributed by atoms with Gasteiger partial charge in [0.25, 0.3) is 0 Å². The van der Waals surface area contributed by atoms with Crippen LogP contribution < -0.4 is 0 Å². The number of rotatable bonds is 6. The van der Waals surface area contributed by atoms with Crippen LogP contribution in [-0.4, -0.2) is 41.5 Å². The molecule has 0 N–H and O–H groups in total. The molecule has 2 fully saturated rings. The number of nitrogens with zero attached hydrogens (tertiary/aromatic N) is 2. The summed E-state index contributed by atoms with van der Waals surface area (Å²) in [4.78, 5) is 12.6. The zero-order valence-corrected chi connectivity index (χ0v) is 11.2. The van der Waals surface area contributed by atoms with Crippen molar-refractivity contribution in [3.8, 4) is 0 Å². The number of aromatic nitrogens is 2. The van der Waals surface area contributed by atoms with Crippen LogP contribution in [0.4, 0.5) is 0 Å². The number of ketones is 1. The van der Waals surface area contributed by atoms with Crippen LogP contribution in [0.1, 0.15) is 36.2 Å². The molecule has 2 bridgehead atoms. The van der Waals surface area contributed by atoms with Crippen molar-refractivity contribution < 1.29 is 14.3 Å². The minimum absolute atomic E-state index is 0.0385. The zero-order valence-electron chi connectivity index (χ0n) is 11.2. The molecule has 5 nitrogen and oxygen atoms in total. The third kappa shape index (κ3) is 2.44. The van der Waals surface area contributed by atoms with Crippen molar-refractivity contribution in [2.24, 2.45) is 5.92 Å². The first kappa shape index (κ1) is 12.8. The molecule has 19 heavy (non-hydrogen) atoms. The van der Waals surface area contributed by atoms with Gasteiger partial charge in [-0.1, -0.05) is 0 Å². The second-order valence-corrected chi connectivity index (χ2v) is 5.37. The lowest BCUT2D eigenvalue weighted by atomic mass is 9.85. The summed E-state index contributed by atoms with van der Waals surface area (Å²) in [5, 5.41) is 4.24. The van der Waals surface area contributed by atoms with Gasteiger partial charge in [-0.3, -0.25) is 9.48 Å². The topological polar surface area (TPSA) is 53.4 Å². The number of carbonyl (C=O) groups excluding carboxylic acids is 1. The minimum atomic E-state index is 0.0385. The maximum atomic E-state index is 12.6. The SMILES string of the molecule is COCCCn1nccc1C(=O)C1CC2CCC1O2. The van der Waals surface area contributed by atoms with Gasteiger partial charge < -0.3 is 9.47 Å². The van der Waals surface area contributed by atoms with Crippen molar-refractivity contribution in [2.45, 2.75) is 44.4 Å². The highest BCUT2D eigenvalue weighted by atomic mass is 16.5. The number of hydrogen-bond donors (Lipinski definition) is 0. The molecule has 104 valence electrons. The van der Waals surface area contributed by atoms with Crippen LogP contribution in [0.25, 0.3) is 0 Å². The van der Waals surface area contributed by atoms with Gasteiger partial charge in [0.05, 0.1) is 18.1 Å². The molecule has 3 rings (SSSR count). The molecule has 1 aromatic rings. The van der Waals surface area contributed by atoms with Crippen LogP contribution in [-0.2, 0) is 16.0 Å². The van der Waals surface area contributed by atoms with Gasteiger partial charge in [0.2, 0.25) is 0 Å². The fraction of sp³-hybridized carbons (Fsp3) is 0.714. The van der Waals surface area contributed by atoms with E-state index in [1.165, 1.54) is 0 Å². The highest BCUT2D eigenvalue weighted by Gasteiger charge is 2.45. The number of ether oxygens (including phenoxy) is 2. The van der Waals surface area contributed by atoms with E-state index >= 15 is 0 Å². The third-order valence-corrected chi connectivity index (χ3v) is 4.13. The Morgan fingerprint density at radius 3 is 3.16 bits per heavy atom. The summed E-state index contributed by atoms with van der Waals surface area (Å²) >= 11 is 0. The number of hydrogen-bond acceptors (Lipinski definition) is 4. The number of methoxy groups -OCH3 is 1. The molecule has 0 spiro atoms. The average Bonchev–Trinajstić information content (AvgIpc) is 3.14. The van der Waals surface area contributed by atoms with Crippen molar-refractivity contribution >= 4 is 5.78 Å². The van der Waals surface area contributed by atoms with E-state index in [4.69, 9.17) is 9.47 Å². The molecule has 0 aromatic carbocycles. The average molecular weight is 264 g/mol. The Labute approximate surface area is 112 Å². The third-order valence-electron chi connectivity index (χ3n) is 4.13. The van der Waals surface area contributed by atoms with Gasteiger partial charge in [-0.15, -0.1) is 0 Å². The van der Waals surface area contributed by atoms with Crippen molar-refractivity contribution in [2.75, 3.05) is 13.7 Å². The van der Waals surface area contributed by atoms with Crippen LogP contribution in [0, 0.1) is 5.92 Å². The van der Waals surface area contributed by atoms with Crippen LogP contribution in [0.15, 0.2) is 12.3 Å². The highest BCUT2D eigenvalue weighted by molar-refractivity contribution is 5.97. The van der Waals surface area contributed by atoms with Gasteiger partial charge in [0.1, 0.15) is 5.69 Å². The van der Waals surface area contributed by atoms with Gasteiger partial charge in [0, 0.05) is 26.5 Å². The molecule has 0 saturated carbocycles. The smallest absolute Gasteiger partial charge is 0.186 e. The molecule has 3 heterocycles. The first-order chi connectivity index (χ1) is 9.29. The summed E-state index contributed by atoms with van der Waals surface area (Å²) in [6.07, 6.45) is 6.04. The number of aryl methyl sites for hydroxylation is 1. The second-order valence-electron chi connectivity index (χ2n) is 5.37. The van der Waals surface area contributed by atoms with Gasteiger partial charge in [-0.05, 0) is 31.7 Å². The maximum Gasteiger partial charge on any atom is 0.186 e. The minimum Gasteiger partial charge on any atom is -0.385 e. The largest absolute Gasteiger partial charge is 0.385 e. The lowest BCUT2D eigenvalue weighted by Crippen LogP contribution is -2.27. The zero-order chi connectivity index (χ0) is 13.2. The monoisotopic (exact) mass is 264 g/mol. The van der Waals surface area contributed by atoms with Crippen molar-refractivity contribution in [1.29, 1.82) is 0 Å². The van der Waals surface area contributed by atoms with Gasteiger partial charge >= 0.3 is 0 Å². The van der Waals surface area contributed by atoms with E-state index in [-0.39, 0.29) is 17.8 Å². The molecule has 0 radical (unpaired) electrons. The molecule has 2 aliphatic heterocycles. The van der Waals surface area contributed by atoms with E-state index in [2.05, 4.69) is 5.10 Å². The summed E-state index contributed by atoms with van der Waals surface area (Å²) in [5.74, 6) is 0.235. The Kier molecular flexibility index (Phi) is 3.66. The predicted octanol–water partition coefficient (Wildman–Crippen LogP) is 1.67. The fourth-order valence-corrected chi connectivity index (χ4v) is 3.18. The van der Waals surface area contributed by atoms with E-state index in [1.807, 2.05) is 6.07 Å². The van der Waals surface area contributed by atoms with Crippen molar-refractivity contribution in [3.05, 3.63) is 18.0 Å². The van der Waals surface area contributed by atoms with E-state index in [1.54, 1.807) is 18.0 Å². The fourth-order valence-electron chi connectivity index (χ4n) is 3.18. The summed E-state index contributed by atoms with van der Waals surface area (Å²) in [5.41, 5.74) is 0.720. The molecular weight excluding hydrogens is 244 g/mol.